The van der Waals surface area contributed by atoms with Crippen molar-refractivity contribution in [3.05, 3.63) is 30.3 Å². The lowest BCUT2D eigenvalue weighted by atomic mass is 9.71. The van der Waals surface area contributed by atoms with Gasteiger partial charge in [0, 0.05) is 39.1 Å². The molecule has 5 nitrogen and oxygen atoms in total. The molecule has 1 aromatic carbocycles. The van der Waals surface area contributed by atoms with Crippen LogP contribution in [0.5, 0.6) is 5.75 Å². The molecular formula is C21H33N3O2. The Bertz CT molecular complexity index is 550. The smallest absolute Gasteiger partial charge is 0.223 e. The van der Waals surface area contributed by atoms with Gasteiger partial charge in [-0.05, 0) is 36.9 Å². The first-order chi connectivity index (χ1) is 12.7. The Morgan fingerprint density at radius 2 is 1.73 bits per heavy atom. The van der Waals surface area contributed by atoms with Crippen LogP contribution in [0.3, 0.4) is 0 Å². The van der Waals surface area contributed by atoms with Crippen molar-refractivity contribution >= 4 is 5.91 Å². The number of benzene rings is 1. The van der Waals surface area contributed by atoms with E-state index in [0.717, 1.165) is 51.3 Å². The quantitative estimate of drug-likeness (QED) is 0.813. The molecule has 1 saturated carbocycles. The highest BCUT2D eigenvalue weighted by Crippen LogP contribution is 2.38. The van der Waals surface area contributed by atoms with Crippen molar-refractivity contribution in [2.75, 3.05) is 45.9 Å². The first-order valence-electron chi connectivity index (χ1n) is 10.1. The van der Waals surface area contributed by atoms with Crippen LogP contribution in [0.25, 0.3) is 0 Å². The zero-order chi connectivity index (χ0) is 18.2. The molecule has 1 saturated heterocycles. The lowest BCUT2D eigenvalue weighted by Gasteiger charge is -2.39. The van der Waals surface area contributed by atoms with Crippen molar-refractivity contribution in [3.63, 3.8) is 0 Å². The molecule has 0 bridgehead atoms. The average molecular weight is 360 g/mol. The Labute approximate surface area is 157 Å². The largest absolute Gasteiger partial charge is 0.492 e. The summed E-state index contributed by atoms with van der Waals surface area (Å²) >= 11 is 0. The topological polar surface area (TPSA) is 58.8 Å². The van der Waals surface area contributed by atoms with Crippen molar-refractivity contribution in [2.24, 2.45) is 11.1 Å². The Morgan fingerprint density at radius 3 is 2.38 bits per heavy atom. The first-order valence-corrected chi connectivity index (χ1v) is 10.1. The van der Waals surface area contributed by atoms with Crippen molar-refractivity contribution < 1.29 is 9.53 Å². The minimum atomic E-state index is 0.0655. The first kappa shape index (κ1) is 19.2. The van der Waals surface area contributed by atoms with E-state index in [0.29, 0.717) is 25.5 Å². The summed E-state index contributed by atoms with van der Waals surface area (Å²) in [5.74, 6) is 1.22. The van der Waals surface area contributed by atoms with Crippen LogP contribution in [0.2, 0.25) is 0 Å². The molecule has 0 radical (unpaired) electrons. The van der Waals surface area contributed by atoms with Gasteiger partial charge in [-0.1, -0.05) is 37.5 Å². The predicted molar refractivity (Wildman–Crippen MR) is 104 cm³/mol. The number of nitrogens with zero attached hydrogens (tertiary/aromatic N) is 2. The van der Waals surface area contributed by atoms with Gasteiger partial charge in [0.25, 0.3) is 0 Å². The molecule has 2 N–H and O–H groups in total. The van der Waals surface area contributed by atoms with Crippen LogP contribution in [0, 0.1) is 5.41 Å². The van der Waals surface area contributed by atoms with E-state index in [4.69, 9.17) is 10.5 Å². The fraction of sp³-hybridized carbons (Fsp3) is 0.667. The van der Waals surface area contributed by atoms with Crippen LogP contribution in [0.4, 0.5) is 0 Å². The van der Waals surface area contributed by atoms with Gasteiger partial charge < -0.3 is 15.4 Å². The minimum Gasteiger partial charge on any atom is -0.492 e. The molecule has 1 aliphatic carbocycles. The van der Waals surface area contributed by atoms with Gasteiger partial charge in [-0.25, -0.2) is 0 Å². The summed E-state index contributed by atoms with van der Waals surface area (Å²) in [7, 11) is 0. The zero-order valence-electron chi connectivity index (χ0n) is 15.9. The van der Waals surface area contributed by atoms with Crippen LogP contribution in [0.15, 0.2) is 30.3 Å². The summed E-state index contributed by atoms with van der Waals surface area (Å²) < 4.78 is 5.78. The summed E-state index contributed by atoms with van der Waals surface area (Å²) in [5.41, 5.74) is 6.11. The highest BCUT2D eigenvalue weighted by atomic mass is 16.5. The lowest BCUT2D eigenvalue weighted by molar-refractivity contribution is -0.136. The Kier molecular flexibility index (Phi) is 6.92. The molecule has 2 aliphatic rings. The normalized spacial score (nSPS) is 20.7. The third-order valence-electron chi connectivity index (χ3n) is 6.02. The predicted octanol–water partition coefficient (Wildman–Crippen LogP) is 2.51. The number of amides is 1. The summed E-state index contributed by atoms with van der Waals surface area (Å²) in [6.07, 6.45) is 6.61. The SMILES string of the molecule is NCC1(CC(=O)N2CCN(CCOc3ccccc3)CC2)CCCCC1. The highest BCUT2D eigenvalue weighted by Gasteiger charge is 2.35. The minimum absolute atomic E-state index is 0.0655. The van der Waals surface area contributed by atoms with E-state index in [1.54, 1.807) is 0 Å². The Morgan fingerprint density at radius 1 is 1.04 bits per heavy atom. The summed E-state index contributed by atoms with van der Waals surface area (Å²) in [6, 6.07) is 9.93. The zero-order valence-corrected chi connectivity index (χ0v) is 15.9. The van der Waals surface area contributed by atoms with Crippen LogP contribution in [-0.2, 0) is 4.79 Å². The maximum atomic E-state index is 12.8. The molecule has 0 atom stereocenters. The number of para-hydroxylation sites is 1. The Balaban J connectivity index is 1.38. The second-order valence-electron chi connectivity index (χ2n) is 7.83. The van der Waals surface area contributed by atoms with E-state index in [-0.39, 0.29) is 5.41 Å². The second kappa shape index (κ2) is 9.38. The van der Waals surface area contributed by atoms with Gasteiger partial charge in [0.2, 0.25) is 5.91 Å². The molecule has 1 amide bonds. The average Bonchev–Trinajstić information content (AvgIpc) is 2.70. The lowest BCUT2D eigenvalue weighted by Crippen LogP contribution is -2.51. The Hall–Kier alpha value is -1.59. The third-order valence-corrected chi connectivity index (χ3v) is 6.02. The van der Waals surface area contributed by atoms with E-state index in [9.17, 15) is 4.79 Å². The molecule has 1 aliphatic heterocycles. The molecule has 3 rings (SSSR count). The maximum absolute atomic E-state index is 12.8. The van der Waals surface area contributed by atoms with E-state index < -0.39 is 0 Å². The molecule has 26 heavy (non-hydrogen) atoms. The monoisotopic (exact) mass is 359 g/mol. The van der Waals surface area contributed by atoms with Crippen LogP contribution < -0.4 is 10.5 Å². The molecule has 144 valence electrons. The van der Waals surface area contributed by atoms with Gasteiger partial charge in [-0.3, -0.25) is 9.69 Å². The summed E-state index contributed by atoms with van der Waals surface area (Å²) in [4.78, 5) is 17.2. The van der Waals surface area contributed by atoms with E-state index in [1.165, 1.54) is 19.3 Å². The molecule has 1 aromatic rings. The third kappa shape index (κ3) is 5.21. The van der Waals surface area contributed by atoms with Gasteiger partial charge >= 0.3 is 0 Å². The summed E-state index contributed by atoms with van der Waals surface area (Å²) in [5, 5.41) is 0. The van der Waals surface area contributed by atoms with Crippen molar-refractivity contribution in [2.45, 2.75) is 38.5 Å². The van der Waals surface area contributed by atoms with Crippen LogP contribution in [-0.4, -0.2) is 61.6 Å². The number of nitrogens with two attached hydrogens (primary N) is 1. The molecule has 2 fully saturated rings. The number of rotatable bonds is 7. The standard InChI is InChI=1S/C21H33N3O2/c22-18-21(9-5-2-6-10-21)17-20(25)24-13-11-23(12-14-24)15-16-26-19-7-3-1-4-8-19/h1,3-4,7-8H,2,5-6,9-18,22H2. The van der Waals surface area contributed by atoms with E-state index in [2.05, 4.69) is 4.90 Å². The van der Waals surface area contributed by atoms with Gasteiger partial charge in [0.1, 0.15) is 12.4 Å². The summed E-state index contributed by atoms with van der Waals surface area (Å²) in [6.45, 7) is 5.75. The van der Waals surface area contributed by atoms with E-state index >= 15 is 0 Å². The van der Waals surface area contributed by atoms with Crippen molar-refractivity contribution in [3.8, 4) is 5.75 Å². The number of ether oxygens (including phenoxy) is 1. The number of piperazine rings is 1. The second-order valence-corrected chi connectivity index (χ2v) is 7.83. The maximum Gasteiger partial charge on any atom is 0.223 e. The van der Waals surface area contributed by atoms with Gasteiger partial charge in [-0.2, -0.15) is 0 Å². The van der Waals surface area contributed by atoms with Crippen LogP contribution in [0.1, 0.15) is 38.5 Å². The number of hydrogen-bond donors (Lipinski definition) is 1. The molecule has 5 heteroatoms. The molecule has 1 heterocycles. The molecular weight excluding hydrogens is 326 g/mol. The molecule has 0 aromatic heterocycles. The molecule has 0 unspecified atom stereocenters. The van der Waals surface area contributed by atoms with Crippen LogP contribution >= 0.6 is 0 Å². The highest BCUT2D eigenvalue weighted by molar-refractivity contribution is 5.77. The van der Waals surface area contributed by atoms with Crippen molar-refractivity contribution in [1.82, 2.24) is 9.80 Å². The number of carbonyl (C=O) groups excluding carboxylic acids is 1. The van der Waals surface area contributed by atoms with E-state index in [1.807, 2.05) is 35.2 Å². The van der Waals surface area contributed by atoms with Crippen molar-refractivity contribution in [1.29, 1.82) is 0 Å². The van der Waals surface area contributed by atoms with Gasteiger partial charge in [0.05, 0.1) is 0 Å². The van der Waals surface area contributed by atoms with Gasteiger partial charge in [0.15, 0.2) is 0 Å². The number of carbonyl (C=O) groups is 1. The fourth-order valence-corrected chi connectivity index (χ4v) is 4.22. The fourth-order valence-electron chi connectivity index (χ4n) is 4.22. The van der Waals surface area contributed by atoms with Gasteiger partial charge in [-0.15, -0.1) is 0 Å². The number of hydrogen-bond acceptors (Lipinski definition) is 4. The molecule has 0 spiro atoms.